The Morgan fingerprint density at radius 1 is 1.15 bits per heavy atom. The zero-order valence-corrected chi connectivity index (χ0v) is 14.5. The summed E-state index contributed by atoms with van der Waals surface area (Å²) in [4.78, 5) is 22.4. The molecule has 2 aromatic rings. The van der Waals surface area contributed by atoms with Gasteiger partial charge in [0.05, 0.1) is 16.6 Å². The Kier molecular flexibility index (Phi) is 4.10. The third-order valence-electron chi connectivity index (χ3n) is 5.22. The van der Waals surface area contributed by atoms with Gasteiger partial charge in [-0.1, -0.05) is 24.4 Å². The van der Waals surface area contributed by atoms with Gasteiger partial charge in [0.1, 0.15) is 11.0 Å². The number of nitro benzene ring substituents is 1. The van der Waals surface area contributed by atoms with Gasteiger partial charge in [0.15, 0.2) is 0 Å². The Hall–Kier alpha value is -2.22. The third-order valence-corrected chi connectivity index (χ3v) is 5.60. The number of aromatic nitrogens is 2. The Labute approximate surface area is 152 Å². The van der Waals surface area contributed by atoms with Crippen molar-refractivity contribution in [1.82, 2.24) is 9.36 Å². The average Bonchev–Trinajstić information content (AvgIpc) is 3.37. The molecule has 0 bridgehead atoms. The molecule has 138 valence electrons. The van der Waals surface area contributed by atoms with Crippen molar-refractivity contribution in [3.63, 3.8) is 0 Å². The summed E-state index contributed by atoms with van der Waals surface area (Å²) in [5.41, 5.74) is -1.98. The summed E-state index contributed by atoms with van der Waals surface area (Å²) in [6.45, 7) is 1.02. The van der Waals surface area contributed by atoms with E-state index in [0.717, 1.165) is 18.8 Å². The predicted octanol–water partition coefficient (Wildman–Crippen LogP) is 3.98. The quantitative estimate of drug-likeness (QED) is 0.592. The lowest BCUT2D eigenvalue weighted by atomic mass is 9.97. The molecule has 6 nitrogen and oxygen atoms in total. The summed E-state index contributed by atoms with van der Waals surface area (Å²) in [5.74, 6) is -1.11. The second-order valence-electron chi connectivity index (χ2n) is 7.05. The Morgan fingerprint density at radius 3 is 2.54 bits per heavy atom. The highest BCUT2D eigenvalue weighted by atomic mass is 35.5. The van der Waals surface area contributed by atoms with Crippen molar-refractivity contribution in [2.45, 2.75) is 38.8 Å². The second-order valence-corrected chi connectivity index (χ2v) is 7.41. The van der Waals surface area contributed by atoms with Crippen LogP contribution in [-0.2, 0) is 13.1 Å². The molecule has 0 amide bonds. The van der Waals surface area contributed by atoms with Gasteiger partial charge < -0.3 is 0 Å². The van der Waals surface area contributed by atoms with Crippen molar-refractivity contribution in [2.24, 2.45) is 11.8 Å². The molecule has 1 unspecified atom stereocenters. The highest BCUT2D eigenvalue weighted by Gasteiger charge is 2.32. The van der Waals surface area contributed by atoms with Gasteiger partial charge in [0.2, 0.25) is 5.82 Å². The van der Waals surface area contributed by atoms with Crippen LogP contribution < -0.4 is 5.56 Å². The maximum absolute atomic E-state index is 14.4. The standard InChI is InChI=1S/C17H16ClF2N3O3/c18-16-15(11-6-13(20)14(23(25)26)7-12(11)19)17(24)21-4-3-10(8-22(16)21)5-9-1-2-9/h6-7,9-10H,1-5,8H2. The molecule has 1 atom stereocenters. The zero-order valence-electron chi connectivity index (χ0n) is 13.8. The number of hydrogen-bond donors (Lipinski definition) is 0. The molecule has 1 fully saturated rings. The summed E-state index contributed by atoms with van der Waals surface area (Å²) >= 11 is 6.35. The molecule has 26 heavy (non-hydrogen) atoms. The molecule has 2 heterocycles. The van der Waals surface area contributed by atoms with Gasteiger partial charge in [-0.2, -0.15) is 4.39 Å². The van der Waals surface area contributed by atoms with E-state index in [4.69, 9.17) is 11.6 Å². The smallest absolute Gasteiger partial charge is 0.270 e. The summed E-state index contributed by atoms with van der Waals surface area (Å²) < 4.78 is 31.4. The van der Waals surface area contributed by atoms with E-state index < -0.39 is 27.8 Å². The highest BCUT2D eigenvalue weighted by molar-refractivity contribution is 6.32. The maximum Gasteiger partial charge on any atom is 0.307 e. The van der Waals surface area contributed by atoms with Crippen LogP contribution in [0.2, 0.25) is 5.15 Å². The molecule has 1 saturated carbocycles. The van der Waals surface area contributed by atoms with Crippen LogP contribution in [0.3, 0.4) is 0 Å². The van der Waals surface area contributed by atoms with Crippen LogP contribution in [0, 0.1) is 33.6 Å². The Balaban J connectivity index is 1.77. The number of nitrogens with zero attached hydrogens (tertiary/aromatic N) is 3. The molecule has 2 aliphatic rings. The van der Waals surface area contributed by atoms with Crippen molar-refractivity contribution >= 4 is 17.3 Å². The number of halogens is 3. The molecule has 1 aliphatic heterocycles. The number of fused-ring (bicyclic) bond motifs is 1. The molecular weight excluding hydrogens is 368 g/mol. The van der Waals surface area contributed by atoms with E-state index in [-0.39, 0.29) is 16.3 Å². The van der Waals surface area contributed by atoms with Crippen molar-refractivity contribution in [1.29, 1.82) is 0 Å². The van der Waals surface area contributed by atoms with Gasteiger partial charge in [0, 0.05) is 18.7 Å². The summed E-state index contributed by atoms with van der Waals surface area (Å²) in [6.07, 6.45) is 4.40. The molecule has 1 aromatic heterocycles. The molecule has 4 rings (SSSR count). The van der Waals surface area contributed by atoms with Gasteiger partial charge in [-0.3, -0.25) is 19.6 Å². The van der Waals surface area contributed by atoms with E-state index in [1.54, 1.807) is 4.68 Å². The third kappa shape index (κ3) is 2.82. The van der Waals surface area contributed by atoms with Gasteiger partial charge in [-0.05, 0) is 30.7 Å². The lowest BCUT2D eigenvalue weighted by Crippen LogP contribution is -2.32. The van der Waals surface area contributed by atoms with Gasteiger partial charge in [-0.15, -0.1) is 0 Å². The fourth-order valence-electron chi connectivity index (χ4n) is 3.72. The van der Waals surface area contributed by atoms with Crippen LogP contribution in [-0.4, -0.2) is 14.3 Å². The minimum Gasteiger partial charge on any atom is -0.270 e. The predicted molar refractivity (Wildman–Crippen MR) is 91.2 cm³/mol. The van der Waals surface area contributed by atoms with Crippen LogP contribution >= 0.6 is 11.6 Å². The van der Waals surface area contributed by atoms with E-state index in [1.807, 2.05) is 0 Å². The SMILES string of the molecule is O=c1c(-c2cc(F)c([N+](=O)[O-])cc2F)c(Cl)n2n1CCC(CC1CC1)C2. The first-order chi connectivity index (χ1) is 12.4. The van der Waals surface area contributed by atoms with Gasteiger partial charge in [0.25, 0.3) is 5.56 Å². The molecule has 1 aromatic carbocycles. The minimum absolute atomic E-state index is 0.0441. The minimum atomic E-state index is -1.21. The van der Waals surface area contributed by atoms with E-state index in [9.17, 15) is 23.7 Å². The average molecular weight is 384 g/mol. The lowest BCUT2D eigenvalue weighted by molar-refractivity contribution is -0.387. The normalized spacial score (nSPS) is 19.4. The van der Waals surface area contributed by atoms with Crippen molar-refractivity contribution < 1.29 is 13.7 Å². The van der Waals surface area contributed by atoms with Crippen LogP contribution in [0.1, 0.15) is 25.7 Å². The summed E-state index contributed by atoms with van der Waals surface area (Å²) in [6, 6.07) is 1.15. The number of nitro groups is 1. The van der Waals surface area contributed by atoms with Crippen molar-refractivity contribution in [3.8, 4) is 11.1 Å². The van der Waals surface area contributed by atoms with Crippen molar-refractivity contribution in [3.05, 3.63) is 49.4 Å². The van der Waals surface area contributed by atoms with Gasteiger partial charge in [-0.25, -0.2) is 9.07 Å². The zero-order chi connectivity index (χ0) is 18.6. The van der Waals surface area contributed by atoms with Crippen LogP contribution in [0.5, 0.6) is 0 Å². The second kappa shape index (κ2) is 6.19. The number of hydrogen-bond acceptors (Lipinski definition) is 3. The largest absolute Gasteiger partial charge is 0.307 e. The van der Waals surface area contributed by atoms with E-state index >= 15 is 0 Å². The molecular formula is C17H16ClF2N3O3. The molecule has 0 saturated heterocycles. The maximum atomic E-state index is 14.4. The fourth-order valence-corrected chi connectivity index (χ4v) is 4.06. The van der Waals surface area contributed by atoms with Crippen LogP contribution in [0.25, 0.3) is 11.1 Å². The molecule has 0 N–H and O–H groups in total. The van der Waals surface area contributed by atoms with E-state index in [2.05, 4.69) is 0 Å². The van der Waals surface area contributed by atoms with Crippen LogP contribution in [0.15, 0.2) is 16.9 Å². The molecule has 0 radical (unpaired) electrons. The number of rotatable bonds is 4. The highest BCUT2D eigenvalue weighted by Crippen LogP contribution is 2.39. The topological polar surface area (TPSA) is 70.1 Å². The lowest BCUT2D eigenvalue weighted by Gasteiger charge is -2.26. The number of benzene rings is 1. The molecule has 1 aliphatic carbocycles. The van der Waals surface area contributed by atoms with Crippen molar-refractivity contribution in [2.75, 3.05) is 0 Å². The first-order valence-corrected chi connectivity index (χ1v) is 8.87. The molecule has 9 heteroatoms. The van der Waals surface area contributed by atoms with Crippen LogP contribution in [0.4, 0.5) is 14.5 Å². The Morgan fingerprint density at radius 2 is 1.88 bits per heavy atom. The monoisotopic (exact) mass is 383 g/mol. The summed E-state index contributed by atoms with van der Waals surface area (Å²) in [7, 11) is 0. The fraction of sp³-hybridized carbons (Fsp3) is 0.471. The Bertz CT molecular complexity index is 965. The van der Waals surface area contributed by atoms with E-state index in [0.29, 0.717) is 31.1 Å². The summed E-state index contributed by atoms with van der Waals surface area (Å²) in [5, 5.41) is 10.8. The van der Waals surface area contributed by atoms with E-state index in [1.165, 1.54) is 17.5 Å². The molecule has 0 spiro atoms. The first-order valence-electron chi connectivity index (χ1n) is 8.49. The first kappa shape index (κ1) is 17.2. The van der Waals surface area contributed by atoms with Gasteiger partial charge >= 0.3 is 5.69 Å².